The number of hydrogen-bond acceptors (Lipinski definition) is 3. The number of aliphatic hydroxyl groups is 1. The molecule has 2 aromatic carbocycles. The molecule has 0 saturated heterocycles. The van der Waals surface area contributed by atoms with Gasteiger partial charge >= 0.3 is 0 Å². The second-order valence-corrected chi connectivity index (χ2v) is 4.01. The first-order valence-corrected chi connectivity index (χ1v) is 5.94. The molecular formula is C15H17NO2. The van der Waals surface area contributed by atoms with Crippen LogP contribution < -0.4 is 10.1 Å². The monoisotopic (exact) mass is 243 g/mol. The molecule has 0 aliphatic heterocycles. The van der Waals surface area contributed by atoms with Crippen molar-refractivity contribution in [3.63, 3.8) is 0 Å². The Kier molecular flexibility index (Phi) is 4.34. The number of rotatable bonds is 5. The maximum Gasteiger partial charge on any atom is 0.127 e. The summed E-state index contributed by atoms with van der Waals surface area (Å²) in [6.45, 7) is 0.0788. The minimum absolute atomic E-state index is 0.0317. The summed E-state index contributed by atoms with van der Waals surface area (Å²) in [5, 5.41) is 12.2. The fraction of sp³-hybridized carbons (Fsp3) is 0.200. The third kappa shape index (κ3) is 3.09. The molecule has 0 bridgehead atoms. The van der Waals surface area contributed by atoms with E-state index in [0.29, 0.717) is 0 Å². The number of ether oxygens (including phenoxy) is 1. The molecule has 3 nitrogen and oxygen atoms in total. The Hall–Kier alpha value is -1.84. The Labute approximate surface area is 107 Å². The lowest BCUT2D eigenvalue weighted by Gasteiger charge is -2.14. The molecule has 3 heteroatoms. The molecule has 2 rings (SSSR count). The van der Waals surface area contributed by atoms with E-state index in [0.717, 1.165) is 17.1 Å². The number of likely N-dealkylation sites (N-methyl/N-ethyl adjacent to an activating group) is 1. The van der Waals surface area contributed by atoms with Crippen molar-refractivity contribution >= 4 is 0 Å². The summed E-state index contributed by atoms with van der Waals surface area (Å²) in [6, 6.07) is 17.3. The number of aliphatic hydroxyl groups excluding tert-OH is 1. The first kappa shape index (κ1) is 12.6. The van der Waals surface area contributed by atoms with E-state index in [-0.39, 0.29) is 12.6 Å². The van der Waals surface area contributed by atoms with Crippen molar-refractivity contribution in [3.05, 3.63) is 60.2 Å². The van der Waals surface area contributed by atoms with E-state index >= 15 is 0 Å². The highest BCUT2D eigenvalue weighted by atomic mass is 16.5. The second-order valence-electron chi connectivity index (χ2n) is 4.01. The van der Waals surface area contributed by atoms with Gasteiger partial charge in [-0.3, -0.25) is 0 Å². The van der Waals surface area contributed by atoms with Gasteiger partial charge in [-0.15, -0.1) is 0 Å². The van der Waals surface area contributed by atoms with Crippen molar-refractivity contribution in [2.75, 3.05) is 13.7 Å². The van der Waals surface area contributed by atoms with E-state index in [1.807, 2.05) is 61.6 Å². The highest BCUT2D eigenvalue weighted by molar-refractivity contribution is 5.33. The Balaban J connectivity index is 2.08. The number of hydrogen-bond donors (Lipinski definition) is 2. The molecule has 18 heavy (non-hydrogen) atoms. The van der Waals surface area contributed by atoms with E-state index < -0.39 is 0 Å². The summed E-state index contributed by atoms with van der Waals surface area (Å²) >= 11 is 0. The predicted molar refractivity (Wildman–Crippen MR) is 71.8 cm³/mol. The number of nitrogens with one attached hydrogen (secondary N) is 1. The van der Waals surface area contributed by atoms with E-state index in [1.54, 1.807) is 0 Å². The topological polar surface area (TPSA) is 41.5 Å². The van der Waals surface area contributed by atoms with Gasteiger partial charge in [-0.25, -0.2) is 0 Å². The molecule has 2 N–H and O–H groups in total. The van der Waals surface area contributed by atoms with Crippen molar-refractivity contribution in [3.8, 4) is 11.5 Å². The molecule has 0 saturated carbocycles. The standard InChI is InChI=1S/C15H17NO2/c1-16-15(11-17)12-7-9-14(10-8-12)18-13-5-3-2-4-6-13/h2-10,15-17H,11H2,1H3. The Morgan fingerprint density at radius 1 is 1.00 bits per heavy atom. The molecule has 0 heterocycles. The van der Waals surface area contributed by atoms with Crippen molar-refractivity contribution in [2.24, 2.45) is 0 Å². The minimum Gasteiger partial charge on any atom is -0.457 e. The van der Waals surface area contributed by atoms with Crippen LogP contribution >= 0.6 is 0 Å². The lowest BCUT2D eigenvalue weighted by molar-refractivity contribution is 0.251. The van der Waals surface area contributed by atoms with Crippen LogP contribution in [0.5, 0.6) is 11.5 Å². The van der Waals surface area contributed by atoms with Gasteiger partial charge in [-0.05, 0) is 36.9 Å². The van der Waals surface area contributed by atoms with Crippen LogP contribution in [-0.4, -0.2) is 18.8 Å². The molecule has 0 aromatic heterocycles. The van der Waals surface area contributed by atoms with Crippen LogP contribution in [0.15, 0.2) is 54.6 Å². The van der Waals surface area contributed by atoms with E-state index in [4.69, 9.17) is 4.74 Å². The molecular weight excluding hydrogens is 226 g/mol. The molecule has 0 spiro atoms. The molecule has 0 fully saturated rings. The van der Waals surface area contributed by atoms with Crippen molar-refractivity contribution in [1.82, 2.24) is 5.32 Å². The zero-order chi connectivity index (χ0) is 12.8. The quantitative estimate of drug-likeness (QED) is 0.848. The molecule has 94 valence electrons. The van der Waals surface area contributed by atoms with Gasteiger partial charge in [-0.1, -0.05) is 30.3 Å². The summed E-state index contributed by atoms with van der Waals surface area (Å²) in [6.07, 6.45) is 0. The highest BCUT2D eigenvalue weighted by Gasteiger charge is 2.07. The summed E-state index contributed by atoms with van der Waals surface area (Å²) in [5.74, 6) is 1.61. The van der Waals surface area contributed by atoms with Crippen molar-refractivity contribution in [1.29, 1.82) is 0 Å². The van der Waals surface area contributed by atoms with Gasteiger partial charge in [0, 0.05) is 0 Å². The largest absolute Gasteiger partial charge is 0.457 e. The highest BCUT2D eigenvalue weighted by Crippen LogP contribution is 2.22. The Bertz CT molecular complexity index is 464. The van der Waals surface area contributed by atoms with Crippen LogP contribution in [0, 0.1) is 0 Å². The zero-order valence-electron chi connectivity index (χ0n) is 10.3. The summed E-state index contributed by atoms with van der Waals surface area (Å²) in [7, 11) is 1.83. The van der Waals surface area contributed by atoms with E-state index in [1.165, 1.54) is 0 Å². The summed E-state index contributed by atoms with van der Waals surface area (Å²) in [4.78, 5) is 0. The van der Waals surface area contributed by atoms with Crippen LogP contribution in [0.2, 0.25) is 0 Å². The normalized spacial score (nSPS) is 12.1. The van der Waals surface area contributed by atoms with Gasteiger partial charge in [-0.2, -0.15) is 0 Å². The van der Waals surface area contributed by atoms with E-state index in [9.17, 15) is 5.11 Å². The van der Waals surface area contributed by atoms with Gasteiger partial charge in [0.25, 0.3) is 0 Å². The van der Waals surface area contributed by atoms with Gasteiger partial charge in [0.2, 0.25) is 0 Å². The maximum absolute atomic E-state index is 9.19. The molecule has 0 radical (unpaired) electrons. The average Bonchev–Trinajstić information content (AvgIpc) is 2.43. The smallest absolute Gasteiger partial charge is 0.127 e. The van der Waals surface area contributed by atoms with Gasteiger partial charge in [0.05, 0.1) is 12.6 Å². The second kappa shape index (κ2) is 6.19. The van der Waals surface area contributed by atoms with Gasteiger partial charge in [0.15, 0.2) is 0 Å². The zero-order valence-corrected chi connectivity index (χ0v) is 10.3. The third-order valence-corrected chi connectivity index (χ3v) is 2.79. The maximum atomic E-state index is 9.19. The lowest BCUT2D eigenvalue weighted by atomic mass is 10.1. The molecule has 1 unspecified atom stereocenters. The van der Waals surface area contributed by atoms with Gasteiger partial charge in [0.1, 0.15) is 11.5 Å². The van der Waals surface area contributed by atoms with Crippen molar-refractivity contribution in [2.45, 2.75) is 6.04 Å². The summed E-state index contributed by atoms with van der Waals surface area (Å²) in [5.41, 5.74) is 1.04. The Morgan fingerprint density at radius 3 is 2.17 bits per heavy atom. The van der Waals surface area contributed by atoms with Crippen molar-refractivity contribution < 1.29 is 9.84 Å². The SMILES string of the molecule is CNC(CO)c1ccc(Oc2ccccc2)cc1. The lowest BCUT2D eigenvalue weighted by Crippen LogP contribution is -2.19. The molecule has 0 aliphatic rings. The molecule has 0 aliphatic carbocycles. The van der Waals surface area contributed by atoms with E-state index in [2.05, 4.69) is 5.32 Å². The fourth-order valence-electron chi connectivity index (χ4n) is 1.76. The van der Waals surface area contributed by atoms with Crippen LogP contribution in [0.1, 0.15) is 11.6 Å². The van der Waals surface area contributed by atoms with Crippen LogP contribution in [0.3, 0.4) is 0 Å². The number of benzene rings is 2. The first-order chi connectivity index (χ1) is 8.83. The predicted octanol–water partition coefficient (Wildman–Crippen LogP) is 2.73. The summed E-state index contributed by atoms with van der Waals surface area (Å²) < 4.78 is 5.70. The van der Waals surface area contributed by atoms with Gasteiger partial charge < -0.3 is 15.2 Å². The molecule has 2 aromatic rings. The molecule has 1 atom stereocenters. The minimum atomic E-state index is -0.0317. The first-order valence-electron chi connectivity index (χ1n) is 5.94. The van der Waals surface area contributed by atoms with Crippen LogP contribution in [0.4, 0.5) is 0 Å². The number of para-hydroxylation sites is 1. The fourth-order valence-corrected chi connectivity index (χ4v) is 1.76. The third-order valence-electron chi connectivity index (χ3n) is 2.79. The van der Waals surface area contributed by atoms with Crippen LogP contribution in [-0.2, 0) is 0 Å². The van der Waals surface area contributed by atoms with Crippen LogP contribution in [0.25, 0.3) is 0 Å². The molecule has 0 amide bonds. The Morgan fingerprint density at radius 2 is 1.61 bits per heavy atom. The average molecular weight is 243 g/mol.